The summed E-state index contributed by atoms with van der Waals surface area (Å²) in [5.74, 6) is 1.74. The van der Waals surface area contributed by atoms with E-state index < -0.39 is 0 Å². The molecule has 5 heterocycles. The van der Waals surface area contributed by atoms with Gasteiger partial charge in [-0.1, -0.05) is 103 Å². The predicted octanol–water partition coefficient (Wildman–Crippen LogP) is 10.3. The van der Waals surface area contributed by atoms with Crippen molar-refractivity contribution in [2.75, 3.05) is 0 Å². The van der Waals surface area contributed by atoms with Crippen LogP contribution in [-0.4, -0.2) is 34.9 Å². The topological polar surface area (TPSA) is 90.2 Å². The SMILES string of the molecule is c1ccc(-c2nc(-c3ccccc3)nc(-c3ccc(-c4ccc5cc(-c6cc(-c7ccccn7)nc(-c7ccccn7)c6)ccc5c4)cn3)n2)cc1. The Hall–Kier alpha value is -7.25. The molecule has 4 aromatic carbocycles. The summed E-state index contributed by atoms with van der Waals surface area (Å²) in [5.41, 5.74) is 9.97. The van der Waals surface area contributed by atoms with E-state index in [4.69, 9.17) is 24.9 Å². The second-order valence-electron chi connectivity index (χ2n) is 12.3. The lowest BCUT2D eigenvalue weighted by Crippen LogP contribution is -2.01. The first-order valence-electron chi connectivity index (χ1n) is 17.0. The molecule has 5 aromatic heterocycles. The number of rotatable bonds is 7. The van der Waals surface area contributed by atoms with Crippen molar-refractivity contribution in [2.24, 2.45) is 0 Å². The van der Waals surface area contributed by atoms with Gasteiger partial charge in [0.05, 0.1) is 22.8 Å². The zero-order valence-electron chi connectivity index (χ0n) is 27.9. The Morgan fingerprint density at radius 1 is 0.269 bits per heavy atom. The van der Waals surface area contributed by atoms with E-state index in [1.54, 1.807) is 12.4 Å². The fourth-order valence-electron chi connectivity index (χ4n) is 6.21. The van der Waals surface area contributed by atoms with Crippen LogP contribution >= 0.6 is 0 Å². The van der Waals surface area contributed by atoms with Crippen LogP contribution in [0, 0.1) is 0 Å². The fraction of sp³-hybridized carbons (Fsp3) is 0. The quantitative estimate of drug-likeness (QED) is 0.167. The molecule has 0 bridgehead atoms. The lowest BCUT2D eigenvalue weighted by Gasteiger charge is -2.11. The highest BCUT2D eigenvalue weighted by atomic mass is 15.0. The largest absolute Gasteiger partial charge is 0.255 e. The summed E-state index contributed by atoms with van der Waals surface area (Å²) in [4.78, 5) is 33.3. The Morgan fingerprint density at radius 3 is 1.27 bits per heavy atom. The van der Waals surface area contributed by atoms with E-state index in [-0.39, 0.29) is 0 Å². The first-order chi connectivity index (χ1) is 25.7. The van der Waals surface area contributed by atoms with Gasteiger partial charge in [-0.3, -0.25) is 15.0 Å². The summed E-state index contributed by atoms with van der Waals surface area (Å²) in [5, 5.41) is 2.26. The summed E-state index contributed by atoms with van der Waals surface area (Å²) < 4.78 is 0. The molecule has 0 aliphatic carbocycles. The predicted molar refractivity (Wildman–Crippen MR) is 207 cm³/mol. The van der Waals surface area contributed by atoms with Crippen LogP contribution in [-0.2, 0) is 0 Å². The van der Waals surface area contributed by atoms with Gasteiger partial charge in [-0.05, 0) is 82.1 Å². The van der Waals surface area contributed by atoms with Gasteiger partial charge in [-0.2, -0.15) is 0 Å². The molecular weight excluding hydrogens is 639 g/mol. The minimum atomic E-state index is 0.527. The van der Waals surface area contributed by atoms with Gasteiger partial charge < -0.3 is 0 Å². The molecular formula is C45H29N7. The van der Waals surface area contributed by atoms with Gasteiger partial charge in [0.15, 0.2) is 17.5 Å². The van der Waals surface area contributed by atoms with E-state index in [1.165, 1.54) is 0 Å². The van der Waals surface area contributed by atoms with Crippen LogP contribution in [0.5, 0.6) is 0 Å². The maximum absolute atomic E-state index is 4.93. The van der Waals surface area contributed by atoms with Crippen molar-refractivity contribution in [3.8, 4) is 79.3 Å². The summed E-state index contributed by atoms with van der Waals surface area (Å²) in [6.45, 7) is 0. The standard InChI is InChI=1S/C45H29N7/c1-3-11-30(12-4-1)43-50-44(31-13-5-2-6-14-31)52-45(51-43)40-22-21-36(29-48-40)34-19-17-33-26-35(20-18-32(33)25-34)37-27-41(38-15-7-9-23-46-38)49-42(28-37)39-16-8-10-24-47-39/h1-29H. The molecule has 7 nitrogen and oxygen atoms in total. The zero-order chi connectivity index (χ0) is 34.7. The lowest BCUT2D eigenvalue weighted by atomic mass is 9.97. The third-order valence-corrected chi connectivity index (χ3v) is 8.88. The van der Waals surface area contributed by atoms with E-state index in [2.05, 4.69) is 64.6 Å². The highest BCUT2D eigenvalue weighted by molar-refractivity contribution is 5.91. The van der Waals surface area contributed by atoms with Gasteiger partial charge >= 0.3 is 0 Å². The van der Waals surface area contributed by atoms with Gasteiger partial charge in [0.25, 0.3) is 0 Å². The van der Waals surface area contributed by atoms with Gasteiger partial charge in [0, 0.05) is 35.3 Å². The Labute approximate surface area is 300 Å². The van der Waals surface area contributed by atoms with Crippen LogP contribution in [0.25, 0.3) is 90.1 Å². The number of benzene rings is 4. The normalized spacial score (nSPS) is 11.1. The molecule has 0 amide bonds. The van der Waals surface area contributed by atoms with Crippen LogP contribution < -0.4 is 0 Å². The zero-order valence-corrected chi connectivity index (χ0v) is 27.9. The summed E-state index contributed by atoms with van der Waals surface area (Å²) in [6, 6.07) is 52.9. The first-order valence-corrected chi connectivity index (χ1v) is 17.0. The van der Waals surface area contributed by atoms with Gasteiger partial charge in [-0.15, -0.1) is 0 Å². The van der Waals surface area contributed by atoms with Crippen molar-refractivity contribution in [1.82, 2.24) is 34.9 Å². The lowest BCUT2D eigenvalue weighted by molar-refractivity contribution is 1.06. The fourth-order valence-corrected chi connectivity index (χ4v) is 6.21. The van der Waals surface area contributed by atoms with Gasteiger partial charge in [-0.25, -0.2) is 19.9 Å². The Bertz CT molecular complexity index is 2530. The maximum atomic E-state index is 4.93. The first kappa shape index (κ1) is 30.8. The molecule has 7 heteroatoms. The average Bonchev–Trinajstić information content (AvgIpc) is 3.24. The van der Waals surface area contributed by atoms with Crippen molar-refractivity contribution in [2.45, 2.75) is 0 Å². The molecule has 0 unspecified atom stereocenters. The molecule has 0 spiro atoms. The molecule has 0 saturated carbocycles. The Morgan fingerprint density at radius 2 is 0.769 bits per heavy atom. The highest BCUT2D eigenvalue weighted by Crippen LogP contribution is 2.33. The molecule has 0 aliphatic rings. The summed E-state index contributed by atoms with van der Waals surface area (Å²) in [6.07, 6.45) is 5.46. The van der Waals surface area contributed by atoms with Crippen molar-refractivity contribution < 1.29 is 0 Å². The maximum Gasteiger partial charge on any atom is 0.182 e. The second kappa shape index (κ2) is 13.6. The third-order valence-electron chi connectivity index (χ3n) is 8.88. The minimum absolute atomic E-state index is 0.527. The number of hydrogen-bond acceptors (Lipinski definition) is 7. The average molecular weight is 668 g/mol. The van der Waals surface area contributed by atoms with E-state index in [0.29, 0.717) is 23.2 Å². The van der Waals surface area contributed by atoms with Crippen LogP contribution in [0.15, 0.2) is 176 Å². The molecule has 0 radical (unpaired) electrons. The number of pyridine rings is 4. The molecule has 0 aliphatic heterocycles. The number of aromatic nitrogens is 7. The summed E-state index contributed by atoms with van der Waals surface area (Å²) >= 11 is 0. The van der Waals surface area contributed by atoms with Crippen molar-refractivity contribution in [3.05, 3.63) is 176 Å². The van der Waals surface area contributed by atoms with Crippen molar-refractivity contribution in [3.63, 3.8) is 0 Å². The van der Waals surface area contributed by atoms with Crippen LogP contribution in [0.2, 0.25) is 0 Å². The molecule has 244 valence electrons. The Balaban J connectivity index is 1.04. The van der Waals surface area contributed by atoms with Crippen LogP contribution in [0.3, 0.4) is 0 Å². The van der Waals surface area contributed by atoms with Crippen LogP contribution in [0.1, 0.15) is 0 Å². The van der Waals surface area contributed by atoms with Crippen molar-refractivity contribution in [1.29, 1.82) is 0 Å². The number of fused-ring (bicyclic) bond motifs is 1. The molecule has 0 fully saturated rings. The smallest absolute Gasteiger partial charge is 0.182 e. The molecule has 52 heavy (non-hydrogen) atoms. The van der Waals surface area contributed by atoms with E-state index in [1.807, 2.05) is 109 Å². The monoisotopic (exact) mass is 667 g/mol. The van der Waals surface area contributed by atoms with Crippen LogP contribution in [0.4, 0.5) is 0 Å². The van der Waals surface area contributed by atoms with E-state index in [9.17, 15) is 0 Å². The molecule has 9 aromatic rings. The van der Waals surface area contributed by atoms with E-state index in [0.717, 1.165) is 66.9 Å². The molecule has 9 rings (SSSR count). The molecule has 0 atom stereocenters. The van der Waals surface area contributed by atoms with Gasteiger partial charge in [0.2, 0.25) is 0 Å². The molecule has 0 N–H and O–H groups in total. The summed E-state index contributed by atoms with van der Waals surface area (Å²) in [7, 11) is 0. The highest BCUT2D eigenvalue weighted by Gasteiger charge is 2.14. The third kappa shape index (κ3) is 6.30. The van der Waals surface area contributed by atoms with Gasteiger partial charge in [0.1, 0.15) is 5.69 Å². The number of nitrogens with zero attached hydrogens (tertiary/aromatic N) is 7. The molecule has 0 saturated heterocycles. The van der Waals surface area contributed by atoms with E-state index >= 15 is 0 Å². The Kier molecular flexibility index (Phi) is 8.04. The number of hydrogen-bond donors (Lipinski definition) is 0. The second-order valence-corrected chi connectivity index (χ2v) is 12.3. The minimum Gasteiger partial charge on any atom is -0.255 e. The van der Waals surface area contributed by atoms with Crippen molar-refractivity contribution >= 4 is 10.8 Å².